The number of hydrogen-bond acceptors (Lipinski definition) is 2. The number of carbonyl (C=O) groups excluding carboxylic acids is 1. The number of amides is 1. The number of hydrogen-bond donors (Lipinski definition) is 1. The summed E-state index contributed by atoms with van der Waals surface area (Å²) in [5.41, 5.74) is 2.43. The Kier molecular flexibility index (Phi) is 4.71. The highest BCUT2D eigenvalue weighted by atomic mass is 79.9. The molecule has 0 atom stereocenters. The van der Waals surface area contributed by atoms with Gasteiger partial charge < -0.3 is 5.32 Å². The lowest BCUT2D eigenvalue weighted by molar-refractivity contribution is 0.102. The number of nitrogens with one attached hydrogen (secondary N) is 1. The average molecular weight is 384 g/mol. The van der Waals surface area contributed by atoms with Crippen LogP contribution < -0.4 is 5.32 Å². The fourth-order valence-corrected chi connectivity index (χ4v) is 2.56. The van der Waals surface area contributed by atoms with Gasteiger partial charge >= 0.3 is 0 Å². The zero-order chi connectivity index (χ0) is 13.8. The first kappa shape index (κ1) is 14.2. The predicted octanol–water partition coefficient (Wildman–Crippen LogP) is 4.42. The Morgan fingerprint density at radius 2 is 2.11 bits per heavy atom. The van der Waals surface area contributed by atoms with Crippen LogP contribution in [-0.2, 0) is 6.42 Å². The molecular weight excluding hydrogens is 372 g/mol. The number of anilines is 1. The van der Waals surface area contributed by atoms with Gasteiger partial charge in [-0.1, -0.05) is 22.9 Å². The molecule has 1 heterocycles. The summed E-state index contributed by atoms with van der Waals surface area (Å²) >= 11 is 6.71. The highest BCUT2D eigenvalue weighted by Crippen LogP contribution is 2.23. The molecule has 0 radical (unpaired) electrons. The second-order valence-electron chi connectivity index (χ2n) is 3.95. The average Bonchev–Trinajstić information content (AvgIpc) is 2.41. The number of benzene rings is 1. The van der Waals surface area contributed by atoms with Crippen LogP contribution in [0.4, 0.5) is 5.69 Å². The molecule has 0 aliphatic carbocycles. The van der Waals surface area contributed by atoms with Gasteiger partial charge in [0.15, 0.2) is 0 Å². The number of pyridine rings is 1. The largest absolute Gasteiger partial charge is 0.322 e. The highest BCUT2D eigenvalue weighted by molar-refractivity contribution is 9.10. The molecule has 2 aromatic rings. The van der Waals surface area contributed by atoms with Crippen LogP contribution in [0.25, 0.3) is 0 Å². The number of halogens is 2. The van der Waals surface area contributed by atoms with Gasteiger partial charge in [0, 0.05) is 16.4 Å². The van der Waals surface area contributed by atoms with Gasteiger partial charge in [-0.2, -0.15) is 0 Å². The monoisotopic (exact) mass is 382 g/mol. The lowest BCUT2D eigenvalue weighted by atomic mass is 10.1. The Hall–Kier alpha value is -1.20. The van der Waals surface area contributed by atoms with Crippen molar-refractivity contribution in [2.24, 2.45) is 0 Å². The number of rotatable bonds is 3. The van der Waals surface area contributed by atoms with Crippen LogP contribution in [0.2, 0.25) is 0 Å². The van der Waals surface area contributed by atoms with Crippen molar-refractivity contribution in [3.63, 3.8) is 0 Å². The minimum Gasteiger partial charge on any atom is -0.322 e. The summed E-state index contributed by atoms with van der Waals surface area (Å²) in [4.78, 5) is 16.2. The second kappa shape index (κ2) is 6.30. The molecule has 0 aliphatic heterocycles. The topological polar surface area (TPSA) is 42.0 Å². The molecule has 0 spiro atoms. The summed E-state index contributed by atoms with van der Waals surface area (Å²) in [6.45, 7) is 2.05. The third-order valence-corrected chi connectivity index (χ3v) is 3.83. The van der Waals surface area contributed by atoms with Gasteiger partial charge in [-0.3, -0.25) is 4.79 Å². The smallest absolute Gasteiger partial charge is 0.258 e. The molecule has 3 nitrogen and oxygen atoms in total. The molecular formula is C14H12Br2N2O. The van der Waals surface area contributed by atoms with E-state index < -0.39 is 0 Å². The number of aromatic nitrogens is 1. The van der Waals surface area contributed by atoms with E-state index in [1.165, 1.54) is 0 Å². The van der Waals surface area contributed by atoms with Crippen LogP contribution in [0, 0.1) is 0 Å². The molecule has 1 amide bonds. The summed E-state index contributed by atoms with van der Waals surface area (Å²) in [5, 5.41) is 2.92. The van der Waals surface area contributed by atoms with Gasteiger partial charge in [0.05, 0.1) is 5.56 Å². The molecule has 19 heavy (non-hydrogen) atoms. The Labute approximate surface area is 128 Å². The molecule has 1 aromatic heterocycles. The molecule has 0 fully saturated rings. The minimum atomic E-state index is -0.169. The first-order valence-electron chi connectivity index (χ1n) is 5.82. The van der Waals surface area contributed by atoms with Crippen molar-refractivity contribution in [2.45, 2.75) is 13.3 Å². The fourth-order valence-electron chi connectivity index (χ4n) is 1.72. The van der Waals surface area contributed by atoms with Crippen LogP contribution in [-0.4, -0.2) is 10.9 Å². The lowest BCUT2D eigenvalue weighted by Gasteiger charge is -2.11. The maximum Gasteiger partial charge on any atom is 0.258 e. The van der Waals surface area contributed by atoms with Gasteiger partial charge in [0.25, 0.3) is 5.91 Å². The van der Waals surface area contributed by atoms with Crippen LogP contribution in [0.3, 0.4) is 0 Å². The summed E-state index contributed by atoms with van der Waals surface area (Å²) in [6.07, 6.45) is 2.49. The van der Waals surface area contributed by atoms with Crippen molar-refractivity contribution in [1.82, 2.24) is 4.98 Å². The Bertz CT molecular complexity index is 614. The fraction of sp³-hybridized carbons (Fsp3) is 0.143. The lowest BCUT2D eigenvalue weighted by Crippen LogP contribution is -2.14. The van der Waals surface area contributed by atoms with E-state index in [0.29, 0.717) is 10.2 Å². The van der Waals surface area contributed by atoms with E-state index >= 15 is 0 Å². The van der Waals surface area contributed by atoms with Crippen molar-refractivity contribution in [3.8, 4) is 0 Å². The third kappa shape index (κ3) is 3.42. The number of aryl methyl sites for hydroxylation is 1. The van der Waals surface area contributed by atoms with E-state index in [1.807, 2.05) is 18.2 Å². The van der Waals surface area contributed by atoms with Crippen LogP contribution in [0.15, 0.2) is 45.6 Å². The normalized spacial score (nSPS) is 10.3. The molecule has 2 rings (SSSR count). The summed E-state index contributed by atoms with van der Waals surface area (Å²) in [6, 6.07) is 9.28. The number of nitrogens with zero attached hydrogens (tertiary/aromatic N) is 1. The summed E-state index contributed by atoms with van der Waals surface area (Å²) in [7, 11) is 0. The van der Waals surface area contributed by atoms with Gasteiger partial charge in [-0.15, -0.1) is 0 Å². The Morgan fingerprint density at radius 1 is 1.32 bits per heavy atom. The van der Waals surface area contributed by atoms with Crippen molar-refractivity contribution in [3.05, 3.63) is 56.7 Å². The van der Waals surface area contributed by atoms with Crippen molar-refractivity contribution >= 4 is 43.5 Å². The molecule has 0 aliphatic rings. The predicted molar refractivity (Wildman–Crippen MR) is 83.4 cm³/mol. The van der Waals surface area contributed by atoms with Gasteiger partial charge in [0.2, 0.25) is 0 Å². The van der Waals surface area contributed by atoms with Crippen LogP contribution in [0.5, 0.6) is 0 Å². The standard InChI is InChI=1S/C14H12Br2N2O/c1-2-9-8-10(15)5-6-12(9)18-14(19)11-4-3-7-17-13(11)16/h3-8H,2H2,1H3,(H,18,19). The zero-order valence-corrected chi connectivity index (χ0v) is 13.5. The molecule has 0 unspecified atom stereocenters. The van der Waals surface area contributed by atoms with Crippen molar-refractivity contribution in [2.75, 3.05) is 5.32 Å². The van der Waals surface area contributed by atoms with E-state index in [9.17, 15) is 4.79 Å². The van der Waals surface area contributed by atoms with Gasteiger partial charge in [-0.05, 0) is 58.2 Å². The van der Waals surface area contributed by atoms with Crippen LogP contribution >= 0.6 is 31.9 Å². The molecule has 1 N–H and O–H groups in total. The highest BCUT2D eigenvalue weighted by Gasteiger charge is 2.12. The van der Waals surface area contributed by atoms with E-state index in [2.05, 4.69) is 49.1 Å². The molecule has 0 saturated heterocycles. The molecule has 98 valence electrons. The maximum atomic E-state index is 12.2. The van der Waals surface area contributed by atoms with E-state index in [-0.39, 0.29) is 5.91 Å². The van der Waals surface area contributed by atoms with Gasteiger partial charge in [0.1, 0.15) is 4.60 Å². The first-order chi connectivity index (χ1) is 9.11. The summed E-state index contributed by atoms with van der Waals surface area (Å²) in [5.74, 6) is -0.169. The second-order valence-corrected chi connectivity index (χ2v) is 5.62. The van der Waals surface area contributed by atoms with Crippen LogP contribution in [0.1, 0.15) is 22.8 Å². The third-order valence-electron chi connectivity index (χ3n) is 2.70. The quantitative estimate of drug-likeness (QED) is 0.797. The molecule has 5 heteroatoms. The Morgan fingerprint density at radius 3 is 2.79 bits per heavy atom. The molecule has 1 aromatic carbocycles. The SMILES string of the molecule is CCc1cc(Br)ccc1NC(=O)c1cccnc1Br. The summed E-state index contributed by atoms with van der Waals surface area (Å²) < 4.78 is 1.55. The van der Waals surface area contributed by atoms with E-state index in [4.69, 9.17) is 0 Å². The van der Waals surface area contributed by atoms with Gasteiger partial charge in [-0.25, -0.2) is 4.98 Å². The number of carbonyl (C=O) groups is 1. The zero-order valence-electron chi connectivity index (χ0n) is 10.3. The van der Waals surface area contributed by atoms with E-state index in [0.717, 1.165) is 22.1 Å². The molecule has 0 saturated carbocycles. The Balaban J connectivity index is 2.27. The molecule has 0 bridgehead atoms. The first-order valence-corrected chi connectivity index (χ1v) is 7.40. The minimum absolute atomic E-state index is 0.169. The van der Waals surface area contributed by atoms with Crippen molar-refractivity contribution in [1.29, 1.82) is 0 Å². The van der Waals surface area contributed by atoms with E-state index in [1.54, 1.807) is 18.3 Å². The maximum absolute atomic E-state index is 12.2. The van der Waals surface area contributed by atoms with Crippen molar-refractivity contribution < 1.29 is 4.79 Å².